The van der Waals surface area contributed by atoms with Crippen molar-refractivity contribution < 1.29 is 22.8 Å². The summed E-state index contributed by atoms with van der Waals surface area (Å²) in [4.78, 5) is 28.3. The van der Waals surface area contributed by atoms with E-state index in [9.17, 15) is 22.8 Å². The number of carbonyl (C=O) groups excluding carboxylic acids is 2. The number of amides is 2. The lowest BCUT2D eigenvalue weighted by Crippen LogP contribution is -2.48. The summed E-state index contributed by atoms with van der Waals surface area (Å²) < 4.78 is 39.2. The molecule has 35 heavy (non-hydrogen) atoms. The normalized spacial score (nSPS) is 18.8. The van der Waals surface area contributed by atoms with Crippen molar-refractivity contribution in [1.82, 2.24) is 10.2 Å². The van der Waals surface area contributed by atoms with Crippen LogP contribution in [0.3, 0.4) is 0 Å². The molecule has 182 valence electrons. The van der Waals surface area contributed by atoms with Crippen LogP contribution in [0.5, 0.6) is 0 Å². The minimum absolute atomic E-state index is 0.286. The van der Waals surface area contributed by atoms with Gasteiger partial charge in [0.15, 0.2) is 0 Å². The van der Waals surface area contributed by atoms with E-state index < -0.39 is 29.1 Å². The van der Waals surface area contributed by atoms with Gasteiger partial charge < -0.3 is 10.2 Å². The van der Waals surface area contributed by atoms with Crippen molar-refractivity contribution in [2.24, 2.45) is 0 Å². The van der Waals surface area contributed by atoms with Gasteiger partial charge >= 0.3 is 6.18 Å². The number of rotatable bonds is 5. The van der Waals surface area contributed by atoms with Gasteiger partial charge in [-0.2, -0.15) is 13.2 Å². The van der Waals surface area contributed by atoms with Crippen LogP contribution >= 0.6 is 23.4 Å². The summed E-state index contributed by atoms with van der Waals surface area (Å²) in [5.41, 5.74) is 0.992. The number of alkyl halides is 3. The standard InChI is InChI=1S/C26H22ClF3N2O2S/c1-16(17-5-3-2-4-6-17)31-23(33)22-15-35-25(19-7-11-20(12-8-19)26(28,29)30)32(22)24(34)18-9-13-21(27)14-10-18/h2-14,16,22,25H,15H2,1H3,(H,31,33). The number of thioether (sulfide) groups is 1. The number of halogens is 4. The maximum absolute atomic E-state index is 13.5. The molecule has 9 heteroatoms. The minimum atomic E-state index is -4.46. The first-order chi connectivity index (χ1) is 16.6. The maximum atomic E-state index is 13.5. The van der Waals surface area contributed by atoms with Gasteiger partial charge in [0.25, 0.3) is 5.91 Å². The first-order valence-electron chi connectivity index (χ1n) is 10.9. The zero-order chi connectivity index (χ0) is 25.2. The number of hydrogen-bond acceptors (Lipinski definition) is 3. The lowest BCUT2D eigenvalue weighted by molar-refractivity contribution is -0.137. The van der Waals surface area contributed by atoms with Crippen LogP contribution in [0.4, 0.5) is 13.2 Å². The van der Waals surface area contributed by atoms with Gasteiger partial charge in [0.2, 0.25) is 5.91 Å². The molecule has 3 unspecified atom stereocenters. The summed E-state index contributed by atoms with van der Waals surface area (Å²) in [6.45, 7) is 1.86. The molecule has 1 N–H and O–H groups in total. The predicted octanol–water partition coefficient (Wildman–Crippen LogP) is 6.49. The van der Waals surface area contributed by atoms with Crippen LogP contribution in [0.2, 0.25) is 5.02 Å². The molecule has 1 aliphatic heterocycles. The molecule has 3 aromatic carbocycles. The van der Waals surface area contributed by atoms with Gasteiger partial charge in [-0.25, -0.2) is 0 Å². The van der Waals surface area contributed by atoms with Crippen molar-refractivity contribution in [3.63, 3.8) is 0 Å². The van der Waals surface area contributed by atoms with Crippen LogP contribution in [0.15, 0.2) is 78.9 Å². The molecular weight excluding hydrogens is 497 g/mol. The van der Waals surface area contributed by atoms with E-state index in [4.69, 9.17) is 11.6 Å². The third kappa shape index (κ3) is 5.65. The second-order valence-electron chi connectivity index (χ2n) is 8.18. The molecule has 3 aromatic rings. The molecule has 4 nitrogen and oxygen atoms in total. The minimum Gasteiger partial charge on any atom is -0.348 e. The fourth-order valence-corrected chi connectivity index (χ4v) is 5.48. The van der Waals surface area contributed by atoms with Crippen molar-refractivity contribution in [1.29, 1.82) is 0 Å². The molecule has 0 spiro atoms. The lowest BCUT2D eigenvalue weighted by Gasteiger charge is -2.30. The Balaban J connectivity index is 1.63. The van der Waals surface area contributed by atoms with E-state index >= 15 is 0 Å². The average Bonchev–Trinajstić information content (AvgIpc) is 3.29. The van der Waals surface area contributed by atoms with E-state index in [1.807, 2.05) is 37.3 Å². The SMILES string of the molecule is CC(NC(=O)C1CSC(c2ccc(C(F)(F)F)cc2)N1C(=O)c1ccc(Cl)cc1)c1ccccc1. The van der Waals surface area contributed by atoms with Crippen LogP contribution in [-0.2, 0) is 11.0 Å². The van der Waals surface area contributed by atoms with Gasteiger partial charge in [-0.3, -0.25) is 9.59 Å². The Morgan fingerprint density at radius 2 is 1.63 bits per heavy atom. The van der Waals surface area contributed by atoms with Gasteiger partial charge in [-0.1, -0.05) is 54.1 Å². The van der Waals surface area contributed by atoms with Crippen LogP contribution in [0, 0.1) is 0 Å². The molecule has 1 saturated heterocycles. The molecule has 1 heterocycles. The monoisotopic (exact) mass is 518 g/mol. The Morgan fingerprint density at radius 1 is 1.00 bits per heavy atom. The Labute approximate surface area is 210 Å². The molecule has 0 aromatic heterocycles. The van der Waals surface area contributed by atoms with E-state index in [1.54, 1.807) is 24.3 Å². The zero-order valence-electron chi connectivity index (χ0n) is 18.6. The third-order valence-corrected chi connectivity index (χ3v) is 7.39. The summed E-state index contributed by atoms with van der Waals surface area (Å²) in [6.07, 6.45) is -4.46. The average molecular weight is 519 g/mol. The van der Waals surface area contributed by atoms with Crippen LogP contribution in [-0.4, -0.2) is 28.5 Å². The molecule has 3 atom stereocenters. The maximum Gasteiger partial charge on any atom is 0.416 e. The summed E-state index contributed by atoms with van der Waals surface area (Å²) in [5, 5.41) is 2.81. The highest BCUT2D eigenvalue weighted by molar-refractivity contribution is 7.99. The largest absolute Gasteiger partial charge is 0.416 e. The predicted molar refractivity (Wildman–Crippen MR) is 131 cm³/mol. The number of benzene rings is 3. The highest BCUT2D eigenvalue weighted by Crippen LogP contribution is 2.43. The van der Waals surface area contributed by atoms with Gasteiger partial charge in [-0.15, -0.1) is 11.8 Å². The van der Waals surface area contributed by atoms with E-state index in [0.29, 0.717) is 21.9 Å². The topological polar surface area (TPSA) is 49.4 Å². The van der Waals surface area contributed by atoms with Crippen molar-refractivity contribution in [2.45, 2.75) is 30.6 Å². The van der Waals surface area contributed by atoms with Crippen molar-refractivity contribution in [3.8, 4) is 0 Å². The molecule has 0 radical (unpaired) electrons. The molecule has 2 amide bonds. The molecule has 1 fully saturated rings. The first-order valence-corrected chi connectivity index (χ1v) is 12.3. The summed E-state index contributed by atoms with van der Waals surface area (Å²) in [6, 6.07) is 19.3. The van der Waals surface area contributed by atoms with Gasteiger partial charge in [0.1, 0.15) is 11.4 Å². The number of carbonyl (C=O) groups is 2. The second kappa shape index (κ2) is 10.3. The number of nitrogens with one attached hydrogen (secondary N) is 1. The number of nitrogens with zero attached hydrogens (tertiary/aromatic N) is 1. The van der Waals surface area contributed by atoms with E-state index in [-0.39, 0.29) is 11.9 Å². The lowest BCUT2D eigenvalue weighted by atomic mass is 10.1. The fourth-order valence-electron chi connectivity index (χ4n) is 3.93. The van der Waals surface area contributed by atoms with Gasteiger partial charge in [0.05, 0.1) is 11.6 Å². The zero-order valence-corrected chi connectivity index (χ0v) is 20.2. The van der Waals surface area contributed by atoms with Crippen LogP contribution < -0.4 is 5.32 Å². The van der Waals surface area contributed by atoms with Crippen molar-refractivity contribution in [2.75, 3.05) is 5.75 Å². The highest BCUT2D eigenvalue weighted by Gasteiger charge is 2.43. The Bertz CT molecular complexity index is 1190. The van der Waals surface area contributed by atoms with Crippen LogP contribution in [0.25, 0.3) is 0 Å². The van der Waals surface area contributed by atoms with E-state index in [1.165, 1.54) is 28.8 Å². The van der Waals surface area contributed by atoms with Crippen molar-refractivity contribution >= 4 is 35.2 Å². The number of hydrogen-bond donors (Lipinski definition) is 1. The second-order valence-corrected chi connectivity index (χ2v) is 9.73. The summed E-state index contributed by atoms with van der Waals surface area (Å²) in [5.74, 6) is -0.423. The smallest absolute Gasteiger partial charge is 0.348 e. The molecule has 0 aliphatic carbocycles. The quantitative estimate of drug-likeness (QED) is 0.420. The molecule has 0 bridgehead atoms. The van der Waals surface area contributed by atoms with Gasteiger partial charge in [-0.05, 0) is 54.4 Å². The first kappa shape index (κ1) is 25.1. The fraction of sp³-hybridized carbons (Fsp3) is 0.231. The van der Waals surface area contributed by atoms with Gasteiger partial charge in [0, 0.05) is 16.3 Å². The Hall–Kier alpha value is -2.97. The Morgan fingerprint density at radius 3 is 2.23 bits per heavy atom. The highest BCUT2D eigenvalue weighted by atomic mass is 35.5. The Kier molecular flexibility index (Phi) is 7.42. The molecule has 4 rings (SSSR count). The molecule has 1 aliphatic rings. The van der Waals surface area contributed by atoms with E-state index in [2.05, 4.69) is 5.32 Å². The summed E-state index contributed by atoms with van der Waals surface area (Å²) in [7, 11) is 0. The van der Waals surface area contributed by atoms with Crippen LogP contribution in [0.1, 0.15) is 45.4 Å². The summed E-state index contributed by atoms with van der Waals surface area (Å²) >= 11 is 7.30. The molecular formula is C26H22ClF3N2O2S. The van der Waals surface area contributed by atoms with Crippen molar-refractivity contribution in [3.05, 3.63) is 106 Å². The van der Waals surface area contributed by atoms with E-state index in [0.717, 1.165) is 17.7 Å². The third-order valence-electron chi connectivity index (χ3n) is 5.81. The molecule has 0 saturated carbocycles.